The van der Waals surface area contributed by atoms with E-state index in [-0.39, 0.29) is 6.04 Å². The van der Waals surface area contributed by atoms with Gasteiger partial charge in [-0.25, -0.2) is 4.31 Å². The van der Waals surface area contributed by atoms with Crippen LogP contribution in [0.15, 0.2) is 35.2 Å². The van der Waals surface area contributed by atoms with Crippen molar-refractivity contribution in [2.75, 3.05) is 13.6 Å². The lowest BCUT2D eigenvalue weighted by Gasteiger charge is -2.17. The molecule has 1 aliphatic heterocycles. The minimum Gasteiger partial charge on any atom is -0.333 e. The van der Waals surface area contributed by atoms with E-state index in [0.717, 1.165) is 25.7 Å². The van der Waals surface area contributed by atoms with Gasteiger partial charge in [-0.3, -0.25) is 0 Å². The molecule has 0 saturated carbocycles. The van der Waals surface area contributed by atoms with Gasteiger partial charge in [0.2, 0.25) is 0 Å². The molecule has 1 unspecified atom stereocenters. The third-order valence-corrected chi connectivity index (χ3v) is 3.54. The highest BCUT2D eigenvalue weighted by Crippen LogP contribution is 2.29. The molecule has 16 heavy (non-hydrogen) atoms. The van der Waals surface area contributed by atoms with Crippen molar-refractivity contribution >= 4 is 18.2 Å². The lowest BCUT2D eigenvalue weighted by Crippen LogP contribution is -2.23. The maximum Gasteiger partial charge on any atom is 0.138 e. The van der Waals surface area contributed by atoms with Gasteiger partial charge in [0, 0.05) is 11.4 Å². The Morgan fingerprint density at radius 1 is 1.38 bits per heavy atom. The first-order valence-corrected chi connectivity index (χ1v) is 6.20. The standard InChI is InChI=1S/C11H13NOS.CH5N/c13-9-10-5-4-8-12(10)14-11-6-2-1-3-7-11;1-2/h1-3,6-7,9-10H,4-5,8H2;2H2,1H3. The molecule has 1 atom stereocenters. The van der Waals surface area contributed by atoms with Crippen LogP contribution in [0.1, 0.15) is 12.8 Å². The molecule has 88 valence electrons. The molecule has 0 radical (unpaired) electrons. The van der Waals surface area contributed by atoms with Crippen LogP contribution >= 0.6 is 11.9 Å². The van der Waals surface area contributed by atoms with E-state index in [4.69, 9.17) is 0 Å². The maximum atomic E-state index is 10.8. The van der Waals surface area contributed by atoms with E-state index >= 15 is 0 Å². The molecule has 1 fully saturated rings. The van der Waals surface area contributed by atoms with Gasteiger partial charge < -0.3 is 10.5 Å². The summed E-state index contributed by atoms with van der Waals surface area (Å²) in [7, 11) is 1.50. The number of nitrogens with two attached hydrogens (primary N) is 1. The highest BCUT2D eigenvalue weighted by molar-refractivity contribution is 7.97. The lowest BCUT2D eigenvalue weighted by molar-refractivity contribution is -0.110. The summed E-state index contributed by atoms with van der Waals surface area (Å²) in [5.74, 6) is 0. The number of hydrogen-bond donors (Lipinski definition) is 1. The summed E-state index contributed by atoms with van der Waals surface area (Å²) in [6.45, 7) is 1.02. The molecule has 0 bridgehead atoms. The third-order valence-electron chi connectivity index (χ3n) is 2.37. The Bertz CT molecular complexity index is 305. The van der Waals surface area contributed by atoms with Crippen LogP contribution in [0.4, 0.5) is 0 Å². The second kappa shape index (κ2) is 7.44. The van der Waals surface area contributed by atoms with E-state index in [1.807, 2.05) is 18.2 Å². The Balaban J connectivity index is 0.000000606. The van der Waals surface area contributed by atoms with E-state index in [1.165, 1.54) is 11.9 Å². The Kier molecular flexibility index (Phi) is 6.15. The number of carbonyl (C=O) groups excluding carboxylic acids is 1. The van der Waals surface area contributed by atoms with E-state index in [1.54, 1.807) is 11.9 Å². The summed E-state index contributed by atoms with van der Waals surface area (Å²) in [5.41, 5.74) is 4.50. The van der Waals surface area contributed by atoms with Gasteiger partial charge in [0.1, 0.15) is 6.29 Å². The van der Waals surface area contributed by atoms with Crippen molar-refractivity contribution in [3.63, 3.8) is 0 Å². The summed E-state index contributed by atoms with van der Waals surface area (Å²) in [5, 5.41) is 0. The Hall–Kier alpha value is -0.840. The summed E-state index contributed by atoms with van der Waals surface area (Å²) in [6, 6.07) is 10.3. The van der Waals surface area contributed by atoms with E-state index < -0.39 is 0 Å². The Morgan fingerprint density at radius 2 is 2.06 bits per heavy atom. The molecule has 2 rings (SSSR count). The molecule has 1 saturated heterocycles. The molecular weight excluding hydrogens is 220 g/mol. The zero-order chi connectivity index (χ0) is 11.8. The van der Waals surface area contributed by atoms with Crippen molar-refractivity contribution < 1.29 is 4.79 Å². The first kappa shape index (κ1) is 13.2. The zero-order valence-electron chi connectivity index (χ0n) is 9.50. The molecule has 0 aromatic heterocycles. The fourth-order valence-corrected chi connectivity index (χ4v) is 2.69. The van der Waals surface area contributed by atoms with Gasteiger partial charge >= 0.3 is 0 Å². The average molecular weight is 238 g/mol. The predicted molar refractivity (Wildman–Crippen MR) is 68.2 cm³/mol. The Morgan fingerprint density at radius 3 is 2.69 bits per heavy atom. The van der Waals surface area contributed by atoms with Gasteiger partial charge in [-0.15, -0.1) is 0 Å². The van der Waals surface area contributed by atoms with Crippen LogP contribution in [-0.4, -0.2) is 30.2 Å². The molecule has 0 amide bonds. The molecule has 4 heteroatoms. The van der Waals surface area contributed by atoms with E-state index in [9.17, 15) is 4.79 Å². The van der Waals surface area contributed by atoms with Crippen LogP contribution in [0.5, 0.6) is 0 Å². The van der Waals surface area contributed by atoms with Gasteiger partial charge in [0.05, 0.1) is 6.04 Å². The number of hydrogen-bond acceptors (Lipinski definition) is 4. The second-order valence-electron chi connectivity index (χ2n) is 3.39. The molecule has 1 aromatic carbocycles. The molecule has 1 aromatic rings. The highest BCUT2D eigenvalue weighted by atomic mass is 32.2. The SMILES string of the molecule is CN.O=CC1CCCN1Sc1ccccc1. The normalized spacial score (nSPS) is 20.0. The van der Waals surface area contributed by atoms with Gasteiger partial charge in [0.25, 0.3) is 0 Å². The van der Waals surface area contributed by atoms with Crippen molar-refractivity contribution in [1.29, 1.82) is 0 Å². The summed E-state index contributed by atoms with van der Waals surface area (Å²) >= 11 is 1.69. The van der Waals surface area contributed by atoms with Gasteiger partial charge in [-0.05, 0) is 44.0 Å². The number of benzene rings is 1. The number of nitrogens with zero attached hydrogens (tertiary/aromatic N) is 1. The van der Waals surface area contributed by atoms with Gasteiger partial charge in [-0.1, -0.05) is 18.2 Å². The molecule has 1 aliphatic rings. The van der Waals surface area contributed by atoms with Gasteiger partial charge in [-0.2, -0.15) is 0 Å². The number of rotatable bonds is 3. The summed E-state index contributed by atoms with van der Waals surface area (Å²) in [6.07, 6.45) is 3.19. The minimum absolute atomic E-state index is 0.111. The smallest absolute Gasteiger partial charge is 0.138 e. The molecule has 1 heterocycles. The maximum absolute atomic E-state index is 10.8. The van der Waals surface area contributed by atoms with Crippen molar-refractivity contribution in [2.24, 2.45) is 5.73 Å². The van der Waals surface area contributed by atoms with Crippen LogP contribution in [-0.2, 0) is 4.79 Å². The van der Waals surface area contributed by atoms with Crippen LogP contribution < -0.4 is 5.73 Å². The molecule has 3 nitrogen and oxygen atoms in total. The van der Waals surface area contributed by atoms with Crippen molar-refractivity contribution in [2.45, 2.75) is 23.8 Å². The summed E-state index contributed by atoms with van der Waals surface area (Å²) < 4.78 is 2.17. The second-order valence-corrected chi connectivity index (χ2v) is 4.51. The topological polar surface area (TPSA) is 46.3 Å². The fourth-order valence-electron chi connectivity index (χ4n) is 1.63. The molecule has 0 spiro atoms. The zero-order valence-corrected chi connectivity index (χ0v) is 10.3. The Labute approximate surface area is 101 Å². The lowest BCUT2D eigenvalue weighted by atomic mass is 10.2. The fraction of sp³-hybridized carbons (Fsp3) is 0.417. The first-order valence-electron chi connectivity index (χ1n) is 5.43. The minimum atomic E-state index is 0.111. The molecular formula is C12H18N2OS. The number of carbonyl (C=O) groups is 1. The third kappa shape index (κ3) is 3.63. The van der Waals surface area contributed by atoms with Crippen LogP contribution in [0.3, 0.4) is 0 Å². The van der Waals surface area contributed by atoms with Crippen molar-refractivity contribution in [1.82, 2.24) is 4.31 Å². The highest BCUT2D eigenvalue weighted by Gasteiger charge is 2.24. The van der Waals surface area contributed by atoms with Crippen molar-refractivity contribution in [3.8, 4) is 0 Å². The summed E-state index contributed by atoms with van der Waals surface area (Å²) in [4.78, 5) is 12.0. The van der Waals surface area contributed by atoms with Crippen LogP contribution in [0.2, 0.25) is 0 Å². The van der Waals surface area contributed by atoms with Crippen molar-refractivity contribution in [3.05, 3.63) is 30.3 Å². The molecule has 0 aliphatic carbocycles. The molecule has 2 N–H and O–H groups in total. The van der Waals surface area contributed by atoms with Gasteiger partial charge in [0.15, 0.2) is 0 Å². The largest absolute Gasteiger partial charge is 0.333 e. The van der Waals surface area contributed by atoms with E-state index in [0.29, 0.717) is 0 Å². The number of aldehydes is 1. The quantitative estimate of drug-likeness (QED) is 0.645. The van der Waals surface area contributed by atoms with Crippen LogP contribution in [0.25, 0.3) is 0 Å². The average Bonchev–Trinajstić information content (AvgIpc) is 2.80. The first-order chi connectivity index (χ1) is 7.90. The van der Waals surface area contributed by atoms with Crippen LogP contribution in [0, 0.1) is 0 Å². The monoisotopic (exact) mass is 238 g/mol. The van der Waals surface area contributed by atoms with E-state index in [2.05, 4.69) is 22.2 Å². The predicted octanol–water partition coefficient (Wildman–Crippen LogP) is 1.93.